The lowest BCUT2D eigenvalue weighted by molar-refractivity contribution is 0.557. The average molecular weight is 255 g/mol. The third kappa shape index (κ3) is 1.79. The third-order valence-corrected chi connectivity index (χ3v) is 1.69. The van der Waals surface area contributed by atoms with E-state index in [1.807, 2.05) is 22.6 Å². The number of aromatic nitrogens is 1. The van der Waals surface area contributed by atoms with Crippen LogP contribution in [0.5, 0.6) is 0 Å². The van der Waals surface area contributed by atoms with Gasteiger partial charge < -0.3 is 0 Å². The summed E-state index contributed by atoms with van der Waals surface area (Å²) in [6, 6.07) is 1.62. The van der Waals surface area contributed by atoms with Gasteiger partial charge in [-0.1, -0.05) is 0 Å². The fourth-order valence-electron chi connectivity index (χ4n) is 0.412. The summed E-state index contributed by atoms with van der Waals surface area (Å²) in [4.78, 5) is 3.72. The van der Waals surface area contributed by atoms with E-state index >= 15 is 0 Å². The zero-order chi connectivity index (χ0) is 6.85. The number of nitrogens with zero attached hydrogens (tertiary/aromatic N) is 1. The molecule has 1 rings (SSSR count). The Labute approximate surface area is 71.2 Å². The van der Waals surface area contributed by atoms with Gasteiger partial charge in [-0.15, -0.1) is 12.6 Å². The Morgan fingerprint density at radius 3 is 2.78 bits per heavy atom. The van der Waals surface area contributed by atoms with Crippen molar-refractivity contribution in [3.8, 4) is 0 Å². The fraction of sp³-hybridized carbons (Fsp3) is 0. The van der Waals surface area contributed by atoms with E-state index in [4.69, 9.17) is 0 Å². The Morgan fingerprint density at radius 2 is 2.33 bits per heavy atom. The molecule has 1 nitrogen and oxygen atoms in total. The molecule has 48 valence electrons. The highest BCUT2D eigenvalue weighted by Gasteiger charge is 1.96. The van der Waals surface area contributed by atoms with Gasteiger partial charge >= 0.3 is 0 Å². The molecule has 1 heterocycles. The first-order valence-electron chi connectivity index (χ1n) is 2.20. The number of thiol groups is 1. The Balaban J connectivity index is 3.17. The molecular weight excluding hydrogens is 252 g/mol. The van der Waals surface area contributed by atoms with Crippen LogP contribution in [0.1, 0.15) is 0 Å². The molecule has 0 aromatic carbocycles. The summed E-state index contributed by atoms with van der Waals surface area (Å²) < 4.78 is 13.2. The standard InChI is InChI=1S/C5H3FINS/c6-5-4(9)1-3(7)2-8-5/h1-2,9H. The van der Waals surface area contributed by atoms with Crippen LogP contribution in [0.4, 0.5) is 4.39 Å². The highest BCUT2D eigenvalue weighted by atomic mass is 127. The molecular formula is C5H3FINS. The molecule has 0 bridgehead atoms. The van der Waals surface area contributed by atoms with Gasteiger partial charge in [-0.2, -0.15) is 4.39 Å². The number of hydrogen-bond donors (Lipinski definition) is 1. The van der Waals surface area contributed by atoms with E-state index in [-0.39, 0.29) is 0 Å². The minimum absolute atomic E-state index is 0.293. The van der Waals surface area contributed by atoms with Gasteiger partial charge in [-0.25, -0.2) is 4.98 Å². The maximum absolute atomic E-state index is 12.3. The molecule has 0 aliphatic rings. The van der Waals surface area contributed by atoms with Gasteiger partial charge in [0.1, 0.15) is 0 Å². The Hall–Kier alpha value is 0.160. The van der Waals surface area contributed by atoms with Crippen molar-refractivity contribution in [2.45, 2.75) is 4.90 Å². The number of halogens is 2. The number of pyridine rings is 1. The van der Waals surface area contributed by atoms with Crippen molar-refractivity contribution in [1.29, 1.82) is 0 Å². The summed E-state index contributed by atoms with van der Waals surface area (Å²) >= 11 is 5.87. The van der Waals surface area contributed by atoms with E-state index in [0.29, 0.717) is 4.90 Å². The van der Waals surface area contributed by atoms with Crippen molar-refractivity contribution in [3.05, 3.63) is 21.8 Å². The van der Waals surface area contributed by atoms with Crippen LogP contribution >= 0.6 is 35.2 Å². The van der Waals surface area contributed by atoms with Crippen molar-refractivity contribution < 1.29 is 4.39 Å². The lowest BCUT2D eigenvalue weighted by Crippen LogP contribution is -1.84. The van der Waals surface area contributed by atoms with Gasteiger partial charge in [0.25, 0.3) is 0 Å². The molecule has 0 unspecified atom stereocenters. The van der Waals surface area contributed by atoms with Gasteiger partial charge in [0.15, 0.2) is 0 Å². The number of rotatable bonds is 0. The zero-order valence-corrected chi connectivity index (χ0v) is 7.36. The summed E-state index contributed by atoms with van der Waals surface area (Å²) in [6.07, 6.45) is 1.45. The maximum atomic E-state index is 12.3. The SMILES string of the molecule is Fc1ncc(I)cc1S. The van der Waals surface area contributed by atoms with Crippen LogP contribution in [0.3, 0.4) is 0 Å². The molecule has 0 fully saturated rings. The smallest absolute Gasteiger partial charge is 0.226 e. The summed E-state index contributed by atoms with van der Waals surface area (Å²) in [7, 11) is 0. The summed E-state index contributed by atoms with van der Waals surface area (Å²) in [5, 5.41) is 0. The predicted molar refractivity (Wildman–Crippen MR) is 44.2 cm³/mol. The lowest BCUT2D eigenvalue weighted by Gasteiger charge is -1.91. The topological polar surface area (TPSA) is 12.9 Å². The first-order valence-corrected chi connectivity index (χ1v) is 3.73. The Bertz CT molecular complexity index is 228. The van der Waals surface area contributed by atoms with E-state index in [0.717, 1.165) is 3.57 Å². The van der Waals surface area contributed by atoms with Gasteiger partial charge in [0.05, 0.1) is 4.90 Å². The second-order valence-electron chi connectivity index (χ2n) is 1.46. The molecule has 0 atom stereocenters. The first kappa shape index (κ1) is 7.27. The average Bonchev–Trinajstić information content (AvgIpc) is 1.80. The highest BCUT2D eigenvalue weighted by Crippen LogP contribution is 2.12. The maximum Gasteiger partial charge on any atom is 0.226 e. The van der Waals surface area contributed by atoms with Gasteiger partial charge in [0.2, 0.25) is 5.95 Å². The van der Waals surface area contributed by atoms with Crippen LogP contribution in [0, 0.1) is 9.52 Å². The molecule has 4 heteroatoms. The monoisotopic (exact) mass is 255 g/mol. The molecule has 0 saturated carbocycles. The Kier molecular flexibility index (Phi) is 2.29. The largest absolute Gasteiger partial charge is 0.226 e. The van der Waals surface area contributed by atoms with Gasteiger partial charge in [-0.3, -0.25) is 0 Å². The fourth-order valence-corrected chi connectivity index (χ4v) is 1.31. The summed E-state index contributed by atoms with van der Waals surface area (Å²) in [5.74, 6) is -0.515. The van der Waals surface area contributed by atoms with Crippen LogP contribution in [0.2, 0.25) is 0 Å². The molecule has 0 spiro atoms. The normalized spacial score (nSPS) is 9.67. The van der Waals surface area contributed by atoms with Crippen LogP contribution in [-0.2, 0) is 0 Å². The zero-order valence-electron chi connectivity index (χ0n) is 4.31. The lowest BCUT2D eigenvalue weighted by atomic mass is 10.5. The molecule has 0 saturated heterocycles. The van der Waals surface area contributed by atoms with Crippen molar-refractivity contribution >= 4 is 35.2 Å². The predicted octanol–water partition coefficient (Wildman–Crippen LogP) is 2.11. The van der Waals surface area contributed by atoms with E-state index in [1.54, 1.807) is 6.07 Å². The minimum Gasteiger partial charge on any atom is -0.226 e. The van der Waals surface area contributed by atoms with E-state index in [9.17, 15) is 4.39 Å². The van der Waals surface area contributed by atoms with E-state index in [1.165, 1.54) is 6.20 Å². The molecule has 1 aromatic rings. The first-order chi connectivity index (χ1) is 4.20. The third-order valence-electron chi connectivity index (χ3n) is 0.787. The molecule has 0 N–H and O–H groups in total. The van der Waals surface area contributed by atoms with Crippen molar-refractivity contribution in [1.82, 2.24) is 4.98 Å². The molecule has 0 aliphatic carbocycles. The summed E-state index contributed by atoms with van der Waals surface area (Å²) in [6.45, 7) is 0. The second kappa shape index (κ2) is 2.83. The van der Waals surface area contributed by atoms with Crippen molar-refractivity contribution in [2.75, 3.05) is 0 Å². The molecule has 0 amide bonds. The molecule has 9 heavy (non-hydrogen) atoms. The van der Waals surface area contributed by atoms with Crippen LogP contribution in [-0.4, -0.2) is 4.98 Å². The summed E-state index contributed by atoms with van der Waals surface area (Å²) in [5.41, 5.74) is 0. The quantitative estimate of drug-likeness (QED) is 0.425. The highest BCUT2D eigenvalue weighted by molar-refractivity contribution is 14.1. The van der Waals surface area contributed by atoms with Crippen LogP contribution in [0.15, 0.2) is 17.2 Å². The van der Waals surface area contributed by atoms with Gasteiger partial charge in [-0.05, 0) is 28.7 Å². The molecule has 0 aliphatic heterocycles. The molecule has 1 aromatic heterocycles. The Morgan fingerprint density at radius 1 is 1.67 bits per heavy atom. The van der Waals surface area contributed by atoms with Crippen LogP contribution < -0.4 is 0 Å². The van der Waals surface area contributed by atoms with Gasteiger partial charge in [0, 0.05) is 9.77 Å². The number of hydrogen-bond acceptors (Lipinski definition) is 2. The molecule has 0 radical (unpaired) electrons. The van der Waals surface area contributed by atoms with Crippen molar-refractivity contribution in [3.63, 3.8) is 0 Å². The van der Waals surface area contributed by atoms with E-state index < -0.39 is 5.95 Å². The van der Waals surface area contributed by atoms with Crippen LogP contribution in [0.25, 0.3) is 0 Å². The minimum atomic E-state index is -0.515. The van der Waals surface area contributed by atoms with Crippen molar-refractivity contribution in [2.24, 2.45) is 0 Å². The second-order valence-corrected chi connectivity index (χ2v) is 3.19. The van der Waals surface area contributed by atoms with E-state index in [2.05, 4.69) is 17.6 Å².